The van der Waals surface area contributed by atoms with Crippen LogP contribution in [0.4, 0.5) is 10.5 Å². The van der Waals surface area contributed by atoms with E-state index in [-0.39, 0.29) is 12.1 Å². The summed E-state index contributed by atoms with van der Waals surface area (Å²) in [5.41, 5.74) is 1.60. The van der Waals surface area contributed by atoms with Gasteiger partial charge in [-0.15, -0.1) is 0 Å². The zero-order valence-electron chi connectivity index (χ0n) is 13.2. The molecule has 23 heavy (non-hydrogen) atoms. The van der Waals surface area contributed by atoms with Gasteiger partial charge in [0.05, 0.1) is 20.3 Å². The molecule has 122 valence electrons. The van der Waals surface area contributed by atoms with Gasteiger partial charge in [-0.2, -0.15) is 0 Å². The molecular formula is C17H19IN2O3. The van der Waals surface area contributed by atoms with E-state index in [9.17, 15) is 4.79 Å². The summed E-state index contributed by atoms with van der Waals surface area (Å²) in [5.74, 6) is 1.42. The molecule has 1 unspecified atom stereocenters. The summed E-state index contributed by atoms with van der Waals surface area (Å²) in [6.07, 6.45) is 0. The van der Waals surface area contributed by atoms with Crippen LogP contribution in [0, 0.1) is 3.57 Å². The van der Waals surface area contributed by atoms with Crippen molar-refractivity contribution < 1.29 is 14.3 Å². The second-order valence-corrected chi connectivity index (χ2v) is 6.18. The van der Waals surface area contributed by atoms with Crippen LogP contribution in [0.3, 0.4) is 0 Å². The predicted molar refractivity (Wildman–Crippen MR) is 99.3 cm³/mol. The summed E-state index contributed by atoms with van der Waals surface area (Å²) in [7, 11) is 3.21. The normalized spacial score (nSPS) is 11.5. The van der Waals surface area contributed by atoms with E-state index < -0.39 is 0 Å². The molecular weight excluding hydrogens is 407 g/mol. The Hall–Kier alpha value is -1.96. The molecule has 6 heteroatoms. The van der Waals surface area contributed by atoms with Crippen molar-refractivity contribution >= 4 is 34.3 Å². The second-order valence-electron chi connectivity index (χ2n) is 4.94. The molecule has 1 atom stereocenters. The Labute approximate surface area is 149 Å². The van der Waals surface area contributed by atoms with Crippen LogP contribution in [0.15, 0.2) is 42.5 Å². The maximum atomic E-state index is 12.2. The average Bonchev–Trinajstić information content (AvgIpc) is 2.54. The summed E-state index contributed by atoms with van der Waals surface area (Å²) in [6, 6.07) is 12.6. The Bertz CT molecular complexity index is 691. The first-order valence-corrected chi connectivity index (χ1v) is 8.16. The molecule has 0 heterocycles. The maximum absolute atomic E-state index is 12.2. The first-order chi connectivity index (χ1) is 11.0. The number of carbonyl (C=O) groups is 1. The van der Waals surface area contributed by atoms with Gasteiger partial charge >= 0.3 is 6.03 Å². The van der Waals surface area contributed by atoms with E-state index in [0.29, 0.717) is 11.5 Å². The average molecular weight is 426 g/mol. The van der Waals surface area contributed by atoms with Gasteiger partial charge in [0.2, 0.25) is 0 Å². The minimum absolute atomic E-state index is 0.233. The molecule has 0 aromatic heterocycles. The van der Waals surface area contributed by atoms with Gasteiger partial charge in [0, 0.05) is 14.8 Å². The van der Waals surface area contributed by atoms with Crippen molar-refractivity contribution in [2.24, 2.45) is 0 Å². The summed E-state index contributed by atoms with van der Waals surface area (Å²) in [5, 5.41) is 5.72. The van der Waals surface area contributed by atoms with Gasteiger partial charge in [-0.1, -0.05) is 6.07 Å². The van der Waals surface area contributed by atoms with Crippen molar-refractivity contribution in [2.45, 2.75) is 13.0 Å². The van der Waals surface area contributed by atoms with Crippen LogP contribution in [-0.4, -0.2) is 20.3 Å². The highest BCUT2D eigenvalue weighted by Crippen LogP contribution is 2.29. The fourth-order valence-corrected chi connectivity index (χ4v) is 2.73. The van der Waals surface area contributed by atoms with Crippen molar-refractivity contribution in [1.82, 2.24) is 5.32 Å². The molecule has 2 aromatic rings. The molecule has 0 saturated heterocycles. The van der Waals surface area contributed by atoms with Crippen molar-refractivity contribution in [3.8, 4) is 11.5 Å². The van der Waals surface area contributed by atoms with E-state index in [4.69, 9.17) is 9.47 Å². The number of hydrogen-bond donors (Lipinski definition) is 2. The lowest BCUT2D eigenvalue weighted by atomic mass is 10.1. The lowest BCUT2D eigenvalue weighted by Gasteiger charge is -2.18. The van der Waals surface area contributed by atoms with E-state index in [2.05, 4.69) is 33.2 Å². The summed E-state index contributed by atoms with van der Waals surface area (Å²) < 4.78 is 11.6. The molecule has 2 rings (SSSR count). The van der Waals surface area contributed by atoms with Crippen molar-refractivity contribution in [2.75, 3.05) is 19.5 Å². The molecule has 0 radical (unpaired) electrons. The van der Waals surface area contributed by atoms with Crippen molar-refractivity contribution in [1.29, 1.82) is 0 Å². The molecule has 5 nitrogen and oxygen atoms in total. The number of ether oxygens (including phenoxy) is 2. The Morgan fingerprint density at radius 1 is 1.13 bits per heavy atom. The number of benzene rings is 2. The highest BCUT2D eigenvalue weighted by Gasteiger charge is 2.15. The Balaban J connectivity index is 2.09. The predicted octanol–water partition coefficient (Wildman–Crippen LogP) is 4.19. The number of rotatable bonds is 5. The van der Waals surface area contributed by atoms with E-state index in [0.717, 1.165) is 14.8 Å². The van der Waals surface area contributed by atoms with E-state index in [1.165, 1.54) is 0 Å². The molecule has 0 aliphatic heterocycles. The zero-order chi connectivity index (χ0) is 16.8. The molecule has 2 N–H and O–H groups in total. The van der Waals surface area contributed by atoms with Gasteiger partial charge in [-0.3, -0.25) is 0 Å². The molecule has 0 spiro atoms. The fraction of sp³-hybridized carbons (Fsp3) is 0.235. The first-order valence-electron chi connectivity index (χ1n) is 7.08. The van der Waals surface area contributed by atoms with Crippen LogP contribution >= 0.6 is 22.6 Å². The van der Waals surface area contributed by atoms with E-state index in [1.54, 1.807) is 14.2 Å². The third kappa shape index (κ3) is 4.75. The number of amides is 2. The van der Waals surface area contributed by atoms with Gasteiger partial charge in [0.1, 0.15) is 11.5 Å². The van der Waals surface area contributed by atoms with Gasteiger partial charge in [0.25, 0.3) is 0 Å². The summed E-state index contributed by atoms with van der Waals surface area (Å²) in [6.45, 7) is 1.89. The van der Waals surface area contributed by atoms with E-state index >= 15 is 0 Å². The fourth-order valence-electron chi connectivity index (χ4n) is 2.19. The molecule has 0 fully saturated rings. The standard InChI is InChI=1S/C17H19IN2O3/c1-11(15-10-14(22-2)7-8-16(15)23-3)19-17(21)20-13-6-4-5-12(18)9-13/h4-11H,1-3H3,(H2,19,20,21). The Morgan fingerprint density at radius 2 is 1.91 bits per heavy atom. The van der Waals surface area contributed by atoms with Crippen molar-refractivity contribution in [3.63, 3.8) is 0 Å². The number of halogens is 1. The van der Waals surface area contributed by atoms with Crippen LogP contribution in [0.2, 0.25) is 0 Å². The highest BCUT2D eigenvalue weighted by molar-refractivity contribution is 14.1. The molecule has 0 aliphatic carbocycles. The minimum atomic E-state index is -0.274. The van der Waals surface area contributed by atoms with Gasteiger partial charge in [-0.05, 0) is 65.9 Å². The molecule has 0 saturated carbocycles. The Kier molecular flexibility index (Phi) is 6.09. The quantitative estimate of drug-likeness (QED) is 0.705. The van der Waals surface area contributed by atoms with Gasteiger partial charge in [-0.25, -0.2) is 4.79 Å². The number of anilines is 1. The minimum Gasteiger partial charge on any atom is -0.497 e. The molecule has 2 amide bonds. The number of methoxy groups -OCH3 is 2. The van der Waals surface area contributed by atoms with Crippen LogP contribution < -0.4 is 20.1 Å². The summed E-state index contributed by atoms with van der Waals surface area (Å²) in [4.78, 5) is 12.2. The Morgan fingerprint density at radius 3 is 2.57 bits per heavy atom. The largest absolute Gasteiger partial charge is 0.497 e. The maximum Gasteiger partial charge on any atom is 0.319 e. The van der Waals surface area contributed by atoms with Crippen LogP contribution in [0.1, 0.15) is 18.5 Å². The van der Waals surface area contributed by atoms with E-state index in [1.807, 2.05) is 49.4 Å². The molecule has 2 aromatic carbocycles. The lowest BCUT2D eigenvalue weighted by molar-refractivity contribution is 0.249. The lowest BCUT2D eigenvalue weighted by Crippen LogP contribution is -2.31. The third-order valence-electron chi connectivity index (χ3n) is 3.33. The topological polar surface area (TPSA) is 59.6 Å². The second kappa shape index (κ2) is 8.05. The number of urea groups is 1. The van der Waals surface area contributed by atoms with Gasteiger partial charge < -0.3 is 20.1 Å². The third-order valence-corrected chi connectivity index (χ3v) is 4.00. The number of carbonyl (C=O) groups excluding carboxylic acids is 1. The highest BCUT2D eigenvalue weighted by atomic mass is 127. The van der Waals surface area contributed by atoms with Crippen molar-refractivity contribution in [3.05, 3.63) is 51.6 Å². The summed E-state index contributed by atoms with van der Waals surface area (Å²) >= 11 is 2.20. The number of hydrogen-bond acceptors (Lipinski definition) is 3. The number of nitrogens with one attached hydrogen (secondary N) is 2. The van der Waals surface area contributed by atoms with Crippen LogP contribution in [0.5, 0.6) is 11.5 Å². The smallest absolute Gasteiger partial charge is 0.319 e. The van der Waals surface area contributed by atoms with Crippen LogP contribution in [0.25, 0.3) is 0 Å². The first kappa shape index (κ1) is 17.4. The molecule has 0 aliphatic rings. The SMILES string of the molecule is COc1ccc(OC)c(C(C)NC(=O)Nc2cccc(I)c2)c1. The van der Waals surface area contributed by atoms with Crippen LogP contribution in [-0.2, 0) is 0 Å². The monoisotopic (exact) mass is 426 g/mol. The van der Waals surface area contributed by atoms with Gasteiger partial charge in [0.15, 0.2) is 0 Å². The molecule has 0 bridgehead atoms. The zero-order valence-corrected chi connectivity index (χ0v) is 15.4.